The average molecular weight is 478 g/mol. The number of rotatable bonds is 6. The Kier molecular flexibility index (Phi) is 7.29. The van der Waals surface area contributed by atoms with Gasteiger partial charge in [0.15, 0.2) is 8.32 Å². The van der Waals surface area contributed by atoms with Gasteiger partial charge < -0.3 is 4.43 Å². The maximum Gasteiger partial charge on any atom is 0.192 e. The summed E-state index contributed by atoms with van der Waals surface area (Å²) in [6, 6.07) is 6.15. The van der Waals surface area contributed by atoms with E-state index in [1.807, 2.05) is 0 Å². The van der Waals surface area contributed by atoms with Crippen LogP contribution in [-0.4, -0.2) is 30.9 Å². The van der Waals surface area contributed by atoms with Crippen molar-refractivity contribution in [2.75, 3.05) is 12.4 Å². The summed E-state index contributed by atoms with van der Waals surface area (Å²) >= 11 is 11.0. The van der Waals surface area contributed by atoms with Gasteiger partial charge in [-0.05, 0) is 58.3 Å². The third-order valence-electron chi connectivity index (χ3n) is 4.51. The van der Waals surface area contributed by atoms with Crippen molar-refractivity contribution in [3.05, 3.63) is 39.6 Å². The minimum atomic E-state index is -1.74. The predicted molar refractivity (Wildman–Crippen MR) is 114 cm³/mol. The molecule has 1 heterocycles. The summed E-state index contributed by atoms with van der Waals surface area (Å²) in [5.74, 6) is 0.406. The SMILES string of the molecule is CC(C)(C)[Si](C)(C)OCCSc1nnc(-c2cc(Cl)ccc2F)cc1Br. The zero-order valence-corrected chi connectivity index (χ0v) is 19.7. The molecule has 142 valence electrons. The van der Waals surface area contributed by atoms with Crippen molar-refractivity contribution in [2.24, 2.45) is 0 Å². The average Bonchev–Trinajstić information content (AvgIpc) is 2.54. The molecule has 0 atom stereocenters. The molecule has 2 rings (SSSR count). The van der Waals surface area contributed by atoms with Gasteiger partial charge in [-0.1, -0.05) is 32.4 Å². The Labute approximate surface area is 173 Å². The third-order valence-corrected chi connectivity index (χ3v) is 11.1. The zero-order chi connectivity index (χ0) is 19.5. The molecule has 0 saturated carbocycles. The fraction of sp³-hybridized carbons (Fsp3) is 0.444. The molecule has 0 aliphatic carbocycles. The lowest BCUT2D eigenvalue weighted by Gasteiger charge is -2.36. The van der Waals surface area contributed by atoms with Crippen molar-refractivity contribution in [1.29, 1.82) is 0 Å². The normalized spacial score (nSPS) is 12.5. The van der Waals surface area contributed by atoms with Gasteiger partial charge in [-0.15, -0.1) is 22.0 Å². The van der Waals surface area contributed by atoms with Crippen molar-refractivity contribution in [2.45, 2.75) is 43.9 Å². The number of aromatic nitrogens is 2. The highest BCUT2D eigenvalue weighted by molar-refractivity contribution is 9.10. The van der Waals surface area contributed by atoms with E-state index in [9.17, 15) is 4.39 Å². The highest BCUT2D eigenvalue weighted by Gasteiger charge is 2.36. The van der Waals surface area contributed by atoms with Gasteiger partial charge in [0.1, 0.15) is 10.8 Å². The fourth-order valence-electron chi connectivity index (χ4n) is 1.93. The van der Waals surface area contributed by atoms with Gasteiger partial charge in [0.25, 0.3) is 0 Å². The largest absolute Gasteiger partial charge is 0.416 e. The second-order valence-corrected chi connectivity index (χ2v) is 14.6. The number of hydrogen-bond acceptors (Lipinski definition) is 4. The van der Waals surface area contributed by atoms with Crippen molar-refractivity contribution >= 4 is 47.6 Å². The first-order valence-corrected chi connectivity index (χ1v) is 13.3. The second kappa shape index (κ2) is 8.69. The first-order chi connectivity index (χ1) is 12.0. The molecule has 0 N–H and O–H groups in total. The quantitative estimate of drug-likeness (QED) is 0.260. The van der Waals surface area contributed by atoms with E-state index in [1.54, 1.807) is 23.9 Å². The van der Waals surface area contributed by atoms with Gasteiger partial charge in [0.05, 0.1) is 10.2 Å². The molecular formula is C18H23BrClFN2OSSi. The molecule has 0 bridgehead atoms. The molecule has 0 aliphatic heterocycles. The standard InChI is InChI=1S/C18H23BrClFN2OSSi/c1-18(2,3)26(4,5)24-8-9-25-17-14(19)11-16(22-23-17)13-10-12(20)6-7-15(13)21/h6-7,10-11H,8-9H2,1-5H3. The molecule has 8 heteroatoms. The number of benzene rings is 1. The van der Waals surface area contributed by atoms with Crippen LogP contribution in [0.25, 0.3) is 11.3 Å². The summed E-state index contributed by atoms with van der Waals surface area (Å²) in [7, 11) is -1.74. The van der Waals surface area contributed by atoms with Crippen molar-refractivity contribution in [3.63, 3.8) is 0 Å². The van der Waals surface area contributed by atoms with Crippen LogP contribution in [0.3, 0.4) is 0 Å². The molecule has 1 aromatic heterocycles. The van der Waals surface area contributed by atoms with Crippen LogP contribution < -0.4 is 0 Å². The fourth-order valence-corrected chi connectivity index (χ4v) is 4.59. The van der Waals surface area contributed by atoms with Gasteiger partial charge in [-0.25, -0.2) is 4.39 Å². The van der Waals surface area contributed by atoms with E-state index < -0.39 is 8.32 Å². The van der Waals surface area contributed by atoms with Gasteiger partial charge in [-0.3, -0.25) is 0 Å². The Morgan fingerprint density at radius 3 is 2.54 bits per heavy atom. The molecule has 3 nitrogen and oxygen atoms in total. The van der Waals surface area contributed by atoms with Gasteiger partial charge in [0.2, 0.25) is 0 Å². The maximum atomic E-state index is 14.0. The Balaban J connectivity index is 2.01. The molecule has 0 saturated heterocycles. The van der Waals surface area contributed by atoms with E-state index in [-0.39, 0.29) is 10.9 Å². The number of hydrogen-bond donors (Lipinski definition) is 0. The van der Waals surface area contributed by atoms with E-state index in [0.29, 0.717) is 22.9 Å². The lowest BCUT2D eigenvalue weighted by molar-refractivity contribution is 0.311. The second-order valence-electron chi connectivity index (χ2n) is 7.46. The zero-order valence-electron chi connectivity index (χ0n) is 15.6. The molecular weight excluding hydrogens is 455 g/mol. The first-order valence-electron chi connectivity index (χ1n) is 8.27. The molecule has 26 heavy (non-hydrogen) atoms. The Bertz CT molecular complexity index is 786. The molecule has 0 fully saturated rings. The summed E-state index contributed by atoms with van der Waals surface area (Å²) in [4.78, 5) is 0. The van der Waals surface area contributed by atoms with Crippen LogP contribution in [0.2, 0.25) is 23.2 Å². The minimum absolute atomic E-state index is 0.195. The first kappa shape index (κ1) is 21.8. The topological polar surface area (TPSA) is 35.0 Å². The number of nitrogens with zero attached hydrogens (tertiary/aromatic N) is 2. The maximum absolute atomic E-state index is 14.0. The van der Waals surface area contributed by atoms with E-state index in [4.69, 9.17) is 16.0 Å². The third kappa shape index (κ3) is 5.52. The molecule has 2 aromatic rings. The van der Waals surface area contributed by atoms with E-state index in [0.717, 1.165) is 15.3 Å². The summed E-state index contributed by atoms with van der Waals surface area (Å²) < 4.78 is 20.9. The van der Waals surface area contributed by atoms with Crippen LogP contribution in [0.5, 0.6) is 0 Å². The lowest BCUT2D eigenvalue weighted by Crippen LogP contribution is -2.41. The molecule has 0 spiro atoms. The van der Waals surface area contributed by atoms with Crippen LogP contribution in [0.1, 0.15) is 20.8 Å². The molecule has 0 radical (unpaired) electrons. The van der Waals surface area contributed by atoms with E-state index in [2.05, 4.69) is 60.0 Å². The van der Waals surface area contributed by atoms with Crippen LogP contribution in [0, 0.1) is 5.82 Å². The van der Waals surface area contributed by atoms with Crippen LogP contribution in [0.4, 0.5) is 4.39 Å². The Hall–Kier alpha value is -0.473. The van der Waals surface area contributed by atoms with Gasteiger partial charge in [-0.2, -0.15) is 0 Å². The van der Waals surface area contributed by atoms with Crippen molar-refractivity contribution in [3.8, 4) is 11.3 Å². The Morgan fingerprint density at radius 1 is 1.23 bits per heavy atom. The number of halogens is 3. The van der Waals surface area contributed by atoms with Crippen LogP contribution in [0.15, 0.2) is 33.8 Å². The predicted octanol–water partition coefficient (Wildman–Crippen LogP) is 6.81. The van der Waals surface area contributed by atoms with Gasteiger partial charge in [0, 0.05) is 22.9 Å². The lowest BCUT2D eigenvalue weighted by atomic mass is 10.1. The summed E-state index contributed by atoms with van der Waals surface area (Å²) in [5, 5.41) is 9.78. The highest BCUT2D eigenvalue weighted by atomic mass is 79.9. The monoisotopic (exact) mass is 476 g/mol. The summed E-state index contributed by atoms with van der Waals surface area (Å²) in [5.41, 5.74) is 0.780. The molecule has 0 aliphatic rings. The number of thioether (sulfide) groups is 1. The van der Waals surface area contributed by atoms with E-state index in [1.165, 1.54) is 12.1 Å². The molecule has 0 unspecified atom stereocenters. The molecule has 0 amide bonds. The van der Waals surface area contributed by atoms with Crippen LogP contribution in [-0.2, 0) is 4.43 Å². The summed E-state index contributed by atoms with van der Waals surface area (Å²) in [6.07, 6.45) is 0. The van der Waals surface area contributed by atoms with Crippen molar-refractivity contribution in [1.82, 2.24) is 10.2 Å². The van der Waals surface area contributed by atoms with E-state index >= 15 is 0 Å². The van der Waals surface area contributed by atoms with Gasteiger partial charge >= 0.3 is 0 Å². The van der Waals surface area contributed by atoms with Crippen molar-refractivity contribution < 1.29 is 8.82 Å². The Morgan fingerprint density at radius 2 is 1.92 bits per heavy atom. The smallest absolute Gasteiger partial charge is 0.192 e. The molecule has 1 aromatic carbocycles. The van der Waals surface area contributed by atoms with Crippen LogP contribution >= 0.6 is 39.3 Å². The summed E-state index contributed by atoms with van der Waals surface area (Å²) in [6.45, 7) is 11.8. The highest BCUT2D eigenvalue weighted by Crippen LogP contribution is 2.37. The minimum Gasteiger partial charge on any atom is -0.416 e.